The third kappa shape index (κ3) is 4.74. The molecule has 1 fully saturated rings. The molecule has 1 saturated carbocycles. The summed E-state index contributed by atoms with van der Waals surface area (Å²) in [7, 11) is 0. The van der Waals surface area contributed by atoms with E-state index in [1.165, 1.54) is 0 Å². The Balaban J connectivity index is 2.35. The van der Waals surface area contributed by atoms with E-state index in [9.17, 15) is 13.2 Å². The first kappa shape index (κ1) is 15.7. The van der Waals surface area contributed by atoms with Gasteiger partial charge in [-0.1, -0.05) is 6.92 Å². The summed E-state index contributed by atoms with van der Waals surface area (Å²) in [4.78, 5) is 0. The maximum atomic E-state index is 12.5. The zero-order valence-corrected chi connectivity index (χ0v) is 10.8. The van der Waals surface area contributed by atoms with Crippen LogP contribution in [0.3, 0.4) is 0 Å². The molecule has 108 valence electrons. The molecule has 3 nitrogen and oxygen atoms in total. The van der Waals surface area contributed by atoms with Crippen molar-refractivity contribution in [3.05, 3.63) is 0 Å². The Morgan fingerprint density at radius 3 is 2.33 bits per heavy atom. The van der Waals surface area contributed by atoms with E-state index >= 15 is 0 Å². The lowest BCUT2D eigenvalue weighted by Gasteiger charge is -2.34. The SMILES string of the molecule is CCCOCC(NN)C1CCC(C(F)(F)F)CC1. The van der Waals surface area contributed by atoms with Crippen molar-refractivity contribution in [1.82, 2.24) is 5.43 Å². The lowest BCUT2D eigenvalue weighted by Crippen LogP contribution is -2.46. The topological polar surface area (TPSA) is 47.3 Å². The van der Waals surface area contributed by atoms with Crippen LogP contribution in [0.25, 0.3) is 0 Å². The predicted molar refractivity (Wildman–Crippen MR) is 63.7 cm³/mol. The van der Waals surface area contributed by atoms with Gasteiger partial charge in [0, 0.05) is 12.6 Å². The molecule has 0 aromatic rings. The van der Waals surface area contributed by atoms with E-state index in [-0.39, 0.29) is 24.8 Å². The van der Waals surface area contributed by atoms with Gasteiger partial charge in [0.2, 0.25) is 0 Å². The molecule has 0 heterocycles. The third-order valence-electron chi connectivity index (χ3n) is 3.66. The molecular formula is C12H23F3N2O. The standard InChI is InChI=1S/C12H23F3N2O/c1-2-7-18-8-11(17-16)9-3-5-10(6-4-9)12(13,14)15/h9-11,17H,2-8,16H2,1H3. The minimum atomic E-state index is -4.05. The average molecular weight is 268 g/mol. The van der Waals surface area contributed by atoms with E-state index in [1.54, 1.807) is 0 Å². The van der Waals surface area contributed by atoms with Crippen molar-refractivity contribution in [2.45, 2.75) is 51.2 Å². The first-order valence-corrected chi connectivity index (χ1v) is 6.59. The Morgan fingerprint density at radius 1 is 1.28 bits per heavy atom. The predicted octanol–water partition coefficient (Wildman–Crippen LogP) is 2.61. The Bertz CT molecular complexity index is 228. The maximum absolute atomic E-state index is 12.5. The van der Waals surface area contributed by atoms with Crippen LogP contribution < -0.4 is 11.3 Å². The molecule has 18 heavy (non-hydrogen) atoms. The van der Waals surface area contributed by atoms with Crippen molar-refractivity contribution >= 4 is 0 Å². The van der Waals surface area contributed by atoms with Gasteiger partial charge in [-0.2, -0.15) is 13.2 Å². The van der Waals surface area contributed by atoms with Gasteiger partial charge in [0.25, 0.3) is 0 Å². The zero-order valence-electron chi connectivity index (χ0n) is 10.8. The molecule has 0 bridgehead atoms. The highest BCUT2D eigenvalue weighted by Gasteiger charge is 2.42. The summed E-state index contributed by atoms with van der Waals surface area (Å²) in [5.41, 5.74) is 2.68. The number of alkyl halides is 3. The van der Waals surface area contributed by atoms with Crippen LogP contribution in [-0.4, -0.2) is 25.4 Å². The van der Waals surface area contributed by atoms with Crippen molar-refractivity contribution in [3.63, 3.8) is 0 Å². The molecule has 1 unspecified atom stereocenters. The number of halogens is 3. The highest BCUT2D eigenvalue weighted by atomic mass is 19.4. The molecule has 0 aromatic carbocycles. The smallest absolute Gasteiger partial charge is 0.380 e. The van der Waals surface area contributed by atoms with Gasteiger partial charge < -0.3 is 4.74 Å². The van der Waals surface area contributed by atoms with Crippen LogP contribution in [0.4, 0.5) is 13.2 Å². The number of ether oxygens (including phenoxy) is 1. The van der Waals surface area contributed by atoms with Crippen molar-refractivity contribution in [2.24, 2.45) is 17.7 Å². The molecule has 0 aliphatic heterocycles. The zero-order chi connectivity index (χ0) is 13.6. The molecule has 6 heteroatoms. The number of hydrogen-bond donors (Lipinski definition) is 2. The van der Waals surface area contributed by atoms with Gasteiger partial charge in [0.15, 0.2) is 0 Å². The fourth-order valence-corrected chi connectivity index (χ4v) is 2.52. The van der Waals surface area contributed by atoms with Crippen LogP contribution in [-0.2, 0) is 4.74 Å². The summed E-state index contributed by atoms with van der Waals surface area (Å²) in [5.74, 6) is 4.50. The van der Waals surface area contributed by atoms with E-state index < -0.39 is 12.1 Å². The summed E-state index contributed by atoms with van der Waals surface area (Å²) in [6, 6.07) is -0.0364. The molecule has 1 rings (SSSR count). The number of hydrazine groups is 1. The molecular weight excluding hydrogens is 245 g/mol. The van der Waals surface area contributed by atoms with Crippen LogP contribution in [0.1, 0.15) is 39.0 Å². The van der Waals surface area contributed by atoms with Crippen molar-refractivity contribution in [1.29, 1.82) is 0 Å². The molecule has 1 atom stereocenters. The number of nitrogens with two attached hydrogens (primary N) is 1. The molecule has 0 amide bonds. The lowest BCUT2D eigenvalue weighted by molar-refractivity contribution is -0.184. The molecule has 1 aliphatic carbocycles. The van der Waals surface area contributed by atoms with Gasteiger partial charge in [-0.25, -0.2) is 0 Å². The minimum Gasteiger partial charge on any atom is -0.380 e. The lowest BCUT2D eigenvalue weighted by atomic mass is 9.78. The second-order valence-electron chi connectivity index (χ2n) is 5.00. The van der Waals surface area contributed by atoms with Gasteiger partial charge in [0.05, 0.1) is 12.5 Å². The minimum absolute atomic E-state index is 0.0364. The Labute approximate surface area is 106 Å². The Hall–Kier alpha value is -0.330. The molecule has 0 radical (unpaired) electrons. The van der Waals surface area contributed by atoms with E-state index in [0.29, 0.717) is 26.1 Å². The van der Waals surface area contributed by atoms with E-state index in [0.717, 1.165) is 6.42 Å². The van der Waals surface area contributed by atoms with Gasteiger partial charge in [-0.15, -0.1) is 0 Å². The summed E-state index contributed by atoms with van der Waals surface area (Å²) in [6.45, 7) is 3.15. The number of nitrogens with one attached hydrogen (secondary N) is 1. The van der Waals surface area contributed by atoms with Gasteiger partial charge in [-0.3, -0.25) is 11.3 Å². The van der Waals surface area contributed by atoms with Gasteiger partial charge in [0.1, 0.15) is 0 Å². The van der Waals surface area contributed by atoms with Crippen molar-refractivity contribution in [3.8, 4) is 0 Å². The summed E-state index contributed by atoms with van der Waals surface area (Å²) in [5, 5.41) is 0. The van der Waals surface area contributed by atoms with Gasteiger partial charge in [-0.05, 0) is 38.0 Å². The maximum Gasteiger partial charge on any atom is 0.391 e. The molecule has 0 saturated heterocycles. The quantitative estimate of drug-likeness (QED) is 0.442. The van der Waals surface area contributed by atoms with Crippen LogP contribution in [0.15, 0.2) is 0 Å². The molecule has 3 N–H and O–H groups in total. The van der Waals surface area contributed by atoms with E-state index in [4.69, 9.17) is 10.6 Å². The highest BCUT2D eigenvalue weighted by molar-refractivity contribution is 4.83. The fraction of sp³-hybridized carbons (Fsp3) is 1.00. The van der Waals surface area contributed by atoms with Crippen LogP contribution >= 0.6 is 0 Å². The largest absolute Gasteiger partial charge is 0.391 e. The first-order valence-electron chi connectivity index (χ1n) is 6.59. The fourth-order valence-electron chi connectivity index (χ4n) is 2.52. The highest BCUT2D eigenvalue weighted by Crippen LogP contribution is 2.40. The molecule has 0 spiro atoms. The van der Waals surface area contributed by atoms with Crippen LogP contribution in [0.2, 0.25) is 0 Å². The summed E-state index contributed by atoms with van der Waals surface area (Å²) >= 11 is 0. The monoisotopic (exact) mass is 268 g/mol. The first-order chi connectivity index (χ1) is 8.49. The second-order valence-corrected chi connectivity index (χ2v) is 5.00. The van der Waals surface area contributed by atoms with Gasteiger partial charge >= 0.3 is 6.18 Å². The summed E-state index contributed by atoms with van der Waals surface area (Å²) in [6.07, 6.45) is -1.57. The van der Waals surface area contributed by atoms with Crippen LogP contribution in [0.5, 0.6) is 0 Å². The normalized spacial score (nSPS) is 27.2. The van der Waals surface area contributed by atoms with E-state index in [2.05, 4.69) is 5.43 Å². The number of rotatable bonds is 6. The number of hydrogen-bond acceptors (Lipinski definition) is 3. The van der Waals surface area contributed by atoms with E-state index in [1.807, 2.05) is 6.92 Å². The Kier molecular flexibility index (Phi) is 6.38. The second kappa shape index (κ2) is 7.31. The van der Waals surface area contributed by atoms with Crippen molar-refractivity contribution in [2.75, 3.05) is 13.2 Å². The molecule has 0 aromatic heterocycles. The van der Waals surface area contributed by atoms with Crippen molar-refractivity contribution < 1.29 is 17.9 Å². The Morgan fingerprint density at radius 2 is 1.89 bits per heavy atom. The molecule has 1 aliphatic rings. The van der Waals surface area contributed by atoms with Crippen LogP contribution in [0, 0.1) is 11.8 Å². The third-order valence-corrected chi connectivity index (χ3v) is 3.66. The summed E-state index contributed by atoms with van der Waals surface area (Å²) < 4.78 is 43.0. The average Bonchev–Trinajstić information content (AvgIpc) is 2.34.